The molecule has 0 aliphatic carbocycles. The fourth-order valence-corrected chi connectivity index (χ4v) is 3.50. The van der Waals surface area contributed by atoms with Gasteiger partial charge in [0.05, 0.1) is 17.4 Å². The van der Waals surface area contributed by atoms with E-state index in [1.807, 2.05) is 30.3 Å². The van der Waals surface area contributed by atoms with E-state index in [2.05, 4.69) is 24.3 Å². The molecule has 1 aromatic heterocycles. The van der Waals surface area contributed by atoms with Crippen molar-refractivity contribution < 1.29 is 4.79 Å². The highest BCUT2D eigenvalue weighted by Gasteiger charge is 2.30. The number of aromatic nitrogens is 2. The minimum absolute atomic E-state index is 0.165. The average Bonchev–Trinajstić information content (AvgIpc) is 3.13. The molecule has 3 aromatic rings. The molecule has 0 spiro atoms. The van der Waals surface area contributed by atoms with Gasteiger partial charge in [0, 0.05) is 10.6 Å². The molecule has 0 aliphatic heterocycles. The van der Waals surface area contributed by atoms with Crippen molar-refractivity contribution >= 4 is 23.3 Å². The molecule has 0 saturated heterocycles. The van der Waals surface area contributed by atoms with E-state index >= 15 is 0 Å². The summed E-state index contributed by atoms with van der Waals surface area (Å²) in [6.07, 6.45) is 2.91. The summed E-state index contributed by atoms with van der Waals surface area (Å²) in [6, 6.07) is 16.5. The van der Waals surface area contributed by atoms with Gasteiger partial charge in [0.15, 0.2) is 0 Å². The number of nitrogens with two attached hydrogens (primary N) is 1. The Morgan fingerprint density at radius 3 is 2.31 bits per heavy atom. The number of amides is 1. The predicted molar refractivity (Wildman–Crippen MR) is 114 cm³/mol. The Balaban J connectivity index is 1.84. The lowest BCUT2D eigenvalue weighted by atomic mass is 9.84. The fraction of sp³-hybridized carbons (Fsp3) is 0.227. The number of rotatable bonds is 6. The van der Waals surface area contributed by atoms with Crippen LogP contribution < -0.4 is 11.1 Å². The number of nitriles is 1. The van der Waals surface area contributed by atoms with Crippen molar-refractivity contribution in [1.29, 1.82) is 5.26 Å². The van der Waals surface area contributed by atoms with Crippen molar-refractivity contribution in [3.05, 3.63) is 76.4 Å². The summed E-state index contributed by atoms with van der Waals surface area (Å²) < 4.78 is 1.47. The van der Waals surface area contributed by atoms with Crippen LogP contribution in [0.3, 0.4) is 0 Å². The van der Waals surface area contributed by atoms with Gasteiger partial charge in [-0.05, 0) is 54.8 Å². The lowest BCUT2D eigenvalue weighted by Gasteiger charge is -2.33. The number of benzene rings is 2. The molecule has 0 fully saturated rings. The molecule has 29 heavy (non-hydrogen) atoms. The summed E-state index contributed by atoms with van der Waals surface area (Å²) in [4.78, 5) is 13.0. The van der Waals surface area contributed by atoms with Crippen molar-refractivity contribution in [2.24, 2.45) is 0 Å². The van der Waals surface area contributed by atoms with Crippen molar-refractivity contribution in [3.8, 4) is 11.8 Å². The maximum absolute atomic E-state index is 13.0. The molecule has 148 valence electrons. The topological polar surface area (TPSA) is 96.7 Å². The predicted octanol–water partition coefficient (Wildman–Crippen LogP) is 4.42. The van der Waals surface area contributed by atoms with Crippen LogP contribution in [0, 0.1) is 11.3 Å². The first-order valence-electron chi connectivity index (χ1n) is 9.36. The molecule has 0 bridgehead atoms. The molecule has 7 heteroatoms. The van der Waals surface area contributed by atoms with Crippen molar-refractivity contribution in [2.45, 2.75) is 32.2 Å². The lowest BCUT2D eigenvalue weighted by molar-refractivity contribution is 0.0889. The maximum Gasteiger partial charge on any atom is 0.251 e. The molecule has 3 N–H and O–H groups in total. The monoisotopic (exact) mass is 407 g/mol. The van der Waals surface area contributed by atoms with Crippen LogP contribution in [0.4, 0.5) is 5.82 Å². The number of hydrogen-bond donors (Lipinski definition) is 2. The number of halogens is 1. The Morgan fingerprint density at radius 2 is 1.79 bits per heavy atom. The van der Waals surface area contributed by atoms with Crippen LogP contribution in [-0.2, 0) is 5.54 Å². The van der Waals surface area contributed by atoms with Crippen molar-refractivity contribution in [2.75, 3.05) is 5.73 Å². The van der Waals surface area contributed by atoms with Crippen LogP contribution in [0.1, 0.15) is 48.2 Å². The molecule has 2 aromatic carbocycles. The smallest absolute Gasteiger partial charge is 0.251 e. The third-order valence-corrected chi connectivity index (χ3v) is 5.51. The van der Waals surface area contributed by atoms with E-state index in [1.165, 1.54) is 10.9 Å². The normalized spacial score (nSPS) is 11.1. The van der Waals surface area contributed by atoms with Crippen LogP contribution in [0.15, 0.2) is 54.7 Å². The van der Waals surface area contributed by atoms with E-state index in [0.29, 0.717) is 21.8 Å². The standard InChI is InChI=1S/C22H22ClN5O/c1-3-22(4-2,17-7-9-18(23)10-8-17)27-21(29)15-5-11-19(12-6-15)28-20(25)16(13-24)14-26-28/h5-12,14H,3-4,25H2,1-2H3,(H,27,29). The van der Waals surface area contributed by atoms with Crippen LogP contribution in [0.5, 0.6) is 0 Å². The number of nitrogens with zero attached hydrogens (tertiary/aromatic N) is 3. The summed E-state index contributed by atoms with van der Waals surface area (Å²) in [5.74, 6) is 0.102. The van der Waals surface area contributed by atoms with E-state index < -0.39 is 5.54 Å². The van der Waals surface area contributed by atoms with Gasteiger partial charge in [0.1, 0.15) is 17.5 Å². The summed E-state index contributed by atoms with van der Waals surface area (Å²) >= 11 is 6.02. The van der Waals surface area contributed by atoms with Crippen molar-refractivity contribution in [3.63, 3.8) is 0 Å². The molecular formula is C22H22ClN5O. The van der Waals surface area contributed by atoms with Gasteiger partial charge >= 0.3 is 0 Å². The zero-order valence-corrected chi connectivity index (χ0v) is 17.1. The van der Waals surface area contributed by atoms with Gasteiger partial charge < -0.3 is 11.1 Å². The molecule has 0 unspecified atom stereocenters. The van der Waals surface area contributed by atoms with Crippen molar-refractivity contribution in [1.82, 2.24) is 15.1 Å². The number of carbonyl (C=O) groups excluding carboxylic acids is 1. The summed E-state index contributed by atoms with van der Waals surface area (Å²) in [6.45, 7) is 4.10. The number of nitrogens with one attached hydrogen (secondary N) is 1. The van der Waals surface area contributed by atoms with E-state index in [4.69, 9.17) is 22.6 Å². The van der Waals surface area contributed by atoms with E-state index in [1.54, 1.807) is 24.3 Å². The highest BCUT2D eigenvalue weighted by Crippen LogP contribution is 2.30. The van der Waals surface area contributed by atoms with E-state index in [0.717, 1.165) is 18.4 Å². The number of anilines is 1. The lowest BCUT2D eigenvalue weighted by Crippen LogP contribution is -2.45. The van der Waals surface area contributed by atoms with Gasteiger partial charge in [-0.3, -0.25) is 4.79 Å². The Labute approximate surface area is 174 Å². The van der Waals surface area contributed by atoms with E-state index in [9.17, 15) is 4.79 Å². The Bertz CT molecular complexity index is 1040. The quantitative estimate of drug-likeness (QED) is 0.631. The first kappa shape index (κ1) is 20.4. The molecule has 3 rings (SSSR count). The zero-order valence-electron chi connectivity index (χ0n) is 16.3. The van der Waals surface area contributed by atoms with Crippen LogP contribution in [0.25, 0.3) is 5.69 Å². The first-order chi connectivity index (χ1) is 13.9. The average molecular weight is 408 g/mol. The van der Waals surface area contributed by atoms with Gasteiger partial charge in [-0.1, -0.05) is 37.6 Å². The minimum Gasteiger partial charge on any atom is -0.382 e. The SMILES string of the molecule is CCC(CC)(NC(=O)c1ccc(-n2ncc(C#N)c2N)cc1)c1ccc(Cl)cc1. The second kappa shape index (κ2) is 8.38. The Hall–Kier alpha value is -3.30. The third kappa shape index (κ3) is 3.96. The molecule has 1 amide bonds. The summed E-state index contributed by atoms with van der Waals surface area (Å²) in [7, 11) is 0. The second-order valence-corrected chi connectivity index (χ2v) is 7.20. The van der Waals surface area contributed by atoms with Gasteiger partial charge in [-0.2, -0.15) is 10.4 Å². The van der Waals surface area contributed by atoms with E-state index in [-0.39, 0.29) is 11.7 Å². The molecule has 0 atom stereocenters. The number of nitrogen functional groups attached to an aromatic ring is 1. The van der Waals surface area contributed by atoms with Gasteiger partial charge in [-0.25, -0.2) is 4.68 Å². The number of carbonyl (C=O) groups is 1. The highest BCUT2D eigenvalue weighted by atomic mass is 35.5. The Kier molecular flexibility index (Phi) is 5.90. The molecule has 1 heterocycles. The highest BCUT2D eigenvalue weighted by molar-refractivity contribution is 6.30. The fourth-order valence-electron chi connectivity index (χ4n) is 3.37. The van der Waals surface area contributed by atoms with Gasteiger partial charge in [0.25, 0.3) is 5.91 Å². The molecule has 6 nitrogen and oxygen atoms in total. The minimum atomic E-state index is -0.478. The molecule has 0 radical (unpaired) electrons. The molecule has 0 saturated carbocycles. The zero-order chi connectivity index (χ0) is 21.0. The van der Waals surface area contributed by atoms with Gasteiger partial charge in [0.2, 0.25) is 0 Å². The summed E-state index contributed by atoms with van der Waals surface area (Å²) in [5, 5.41) is 17.0. The Morgan fingerprint density at radius 1 is 1.17 bits per heavy atom. The summed E-state index contributed by atoms with van der Waals surface area (Å²) in [5.41, 5.74) is 7.98. The largest absolute Gasteiger partial charge is 0.382 e. The second-order valence-electron chi connectivity index (χ2n) is 6.76. The third-order valence-electron chi connectivity index (χ3n) is 5.26. The molecular weight excluding hydrogens is 386 g/mol. The van der Waals surface area contributed by atoms with Crippen LogP contribution in [-0.4, -0.2) is 15.7 Å². The first-order valence-corrected chi connectivity index (χ1v) is 9.74. The van der Waals surface area contributed by atoms with Crippen LogP contribution in [0.2, 0.25) is 5.02 Å². The molecule has 0 aliphatic rings. The van der Waals surface area contributed by atoms with Gasteiger partial charge in [-0.15, -0.1) is 0 Å². The van der Waals surface area contributed by atoms with Crippen LogP contribution >= 0.6 is 11.6 Å². The number of hydrogen-bond acceptors (Lipinski definition) is 4. The maximum atomic E-state index is 13.0.